The van der Waals surface area contributed by atoms with E-state index in [0.29, 0.717) is 5.75 Å². The predicted molar refractivity (Wildman–Crippen MR) is 90.4 cm³/mol. The molecule has 3 heteroatoms. The first-order valence-corrected chi connectivity index (χ1v) is 7.76. The lowest BCUT2D eigenvalue weighted by Gasteiger charge is -2.00. The normalized spacial score (nSPS) is 16.6. The van der Waals surface area contributed by atoms with Gasteiger partial charge in [0.1, 0.15) is 0 Å². The van der Waals surface area contributed by atoms with Crippen LogP contribution in [-0.2, 0) is 4.79 Å². The Labute approximate surface area is 128 Å². The van der Waals surface area contributed by atoms with Crippen molar-refractivity contribution in [2.75, 3.05) is 5.75 Å². The molecule has 21 heavy (non-hydrogen) atoms. The van der Waals surface area contributed by atoms with Crippen molar-refractivity contribution in [3.8, 4) is 0 Å². The molecule has 1 fully saturated rings. The molecule has 1 aliphatic rings. The van der Waals surface area contributed by atoms with Gasteiger partial charge < -0.3 is 5.32 Å². The second-order valence-corrected chi connectivity index (χ2v) is 5.78. The molecule has 1 amide bonds. The minimum atomic E-state index is 0.0754. The fourth-order valence-electron chi connectivity index (χ4n) is 2.09. The molecule has 104 valence electrons. The monoisotopic (exact) mass is 293 g/mol. The molecule has 2 nitrogen and oxygen atoms in total. The van der Waals surface area contributed by atoms with E-state index in [1.165, 1.54) is 5.56 Å². The maximum absolute atomic E-state index is 11.2. The van der Waals surface area contributed by atoms with Crippen LogP contribution in [0.25, 0.3) is 18.2 Å². The minimum Gasteiger partial charge on any atom is -0.320 e. The molecule has 0 spiro atoms. The number of rotatable bonds is 3. The van der Waals surface area contributed by atoms with Gasteiger partial charge in [-0.3, -0.25) is 4.79 Å². The summed E-state index contributed by atoms with van der Waals surface area (Å²) in [5.74, 6) is 0.589. The third kappa shape index (κ3) is 3.86. The number of thioether (sulfide) groups is 1. The fourth-order valence-corrected chi connectivity index (χ4v) is 2.86. The number of carbonyl (C=O) groups is 1. The van der Waals surface area contributed by atoms with E-state index in [9.17, 15) is 4.79 Å². The predicted octanol–water partition coefficient (Wildman–Crippen LogP) is 4.02. The highest BCUT2D eigenvalue weighted by Gasteiger charge is 2.14. The molecule has 0 atom stereocenters. The van der Waals surface area contributed by atoms with Crippen molar-refractivity contribution in [3.63, 3.8) is 0 Å². The molecule has 3 rings (SSSR count). The Bertz CT molecular complexity index is 704. The van der Waals surface area contributed by atoms with Gasteiger partial charge in [0.2, 0.25) is 5.91 Å². The first kappa shape index (κ1) is 13.7. The van der Waals surface area contributed by atoms with Gasteiger partial charge in [0.15, 0.2) is 0 Å². The van der Waals surface area contributed by atoms with Crippen molar-refractivity contribution in [1.82, 2.24) is 5.32 Å². The Morgan fingerprint density at radius 1 is 0.905 bits per heavy atom. The minimum absolute atomic E-state index is 0.0754. The van der Waals surface area contributed by atoms with E-state index in [0.717, 1.165) is 16.2 Å². The van der Waals surface area contributed by atoms with Crippen molar-refractivity contribution in [2.45, 2.75) is 0 Å². The Morgan fingerprint density at radius 2 is 1.62 bits per heavy atom. The number of benzene rings is 2. The van der Waals surface area contributed by atoms with Crippen molar-refractivity contribution in [1.29, 1.82) is 0 Å². The van der Waals surface area contributed by atoms with Crippen molar-refractivity contribution < 1.29 is 4.79 Å². The van der Waals surface area contributed by atoms with Crippen LogP contribution in [0.2, 0.25) is 0 Å². The summed E-state index contributed by atoms with van der Waals surface area (Å²) in [6.45, 7) is 0. The molecule has 1 N–H and O–H groups in total. The largest absolute Gasteiger partial charge is 0.320 e. The molecule has 0 bridgehead atoms. The smallest absolute Gasteiger partial charge is 0.235 e. The third-order valence-electron chi connectivity index (χ3n) is 3.10. The van der Waals surface area contributed by atoms with E-state index in [4.69, 9.17) is 0 Å². The van der Waals surface area contributed by atoms with E-state index in [-0.39, 0.29) is 5.91 Å². The lowest BCUT2D eigenvalue weighted by Crippen LogP contribution is -2.13. The molecule has 1 heterocycles. The second kappa shape index (κ2) is 6.46. The number of carbonyl (C=O) groups excluding carboxylic acids is 1. The van der Waals surface area contributed by atoms with Gasteiger partial charge in [0, 0.05) is 0 Å². The molecule has 1 aliphatic heterocycles. The average Bonchev–Trinajstić information content (AvgIpc) is 2.92. The Kier molecular flexibility index (Phi) is 4.22. The molecule has 0 saturated carbocycles. The van der Waals surface area contributed by atoms with Crippen molar-refractivity contribution in [3.05, 3.63) is 76.3 Å². The van der Waals surface area contributed by atoms with E-state index < -0.39 is 0 Å². The Hall–Kier alpha value is -2.26. The van der Waals surface area contributed by atoms with Gasteiger partial charge in [-0.1, -0.05) is 72.4 Å². The molecule has 1 saturated heterocycles. The summed E-state index contributed by atoms with van der Waals surface area (Å²) in [7, 11) is 0. The maximum atomic E-state index is 11.2. The number of hydrogen-bond acceptors (Lipinski definition) is 2. The first-order chi connectivity index (χ1) is 10.3. The van der Waals surface area contributed by atoms with Crippen molar-refractivity contribution >= 4 is 35.9 Å². The van der Waals surface area contributed by atoms with Crippen LogP contribution in [0.4, 0.5) is 0 Å². The lowest BCUT2D eigenvalue weighted by molar-refractivity contribution is -0.117. The highest BCUT2D eigenvalue weighted by molar-refractivity contribution is 8.04. The van der Waals surface area contributed by atoms with Crippen LogP contribution in [0.5, 0.6) is 0 Å². The van der Waals surface area contributed by atoms with Crippen LogP contribution >= 0.6 is 11.8 Å². The summed E-state index contributed by atoms with van der Waals surface area (Å²) in [5.41, 5.74) is 3.41. The summed E-state index contributed by atoms with van der Waals surface area (Å²) in [5, 5.41) is 3.77. The quantitative estimate of drug-likeness (QED) is 0.866. The fraction of sp³-hybridized carbons (Fsp3) is 0.0556. The van der Waals surface area contributed by atoms with Crippen LogP contribution in [0.15, 0.2) is 59.6 Å². The highest BCUT2D eigenvalue weighted by Crippen LogP contribution is 2.22. The Morgan fingerprint density at radius 3 is 2.38 bits per heavy atom. The van der Waals surface area contributed by atoms with Crippen molar-refractivity contribution in [2.24, 2.45) is 0 Å². The highest BCUT2D eigenvalue weighted by atomic mass is 32.2. The molecule has 0 aliphatic carbocycles. The van der Waals surface area contributed by atoms with E-state index in [2.05, 4.69) is 41.7 Å². The molecule has 0 aromatic heterocycles. The van der Waals surface area contributed by atoms with Gasteiger partial charge in [-0.05, 0) is 28.8 Å². The lowest BCUT2D eigenvalue weighted by atomic mass is 10.1. The van der Waals surface area contributed by atoms with E-state index in [1.54, 1.807) is 11.8 Å². The number of hydrogen-bond donors (Lipinski definition) is 1. The van der Waals surface area contributed by atoms with Crippen LogP contribution in [-0.4, -0.2) is 11.7 Å². The van der Waals surface area contributed by atoms with Crippen LogP contribution in [0.1, 0.15) is 16.7 Å². The summed E-state index contributed by atoms with van der Waals surface area (Å²) < 4.78 is 0. The molecule has 2 aromatic rings. The van der Waals surface area contributed by atoms with Gasteiger partial charge in [-0.25, -0.2) is 0 Å². The summed E-state index contributed by atoms with van der Waals surface area (Å²) in [4.78, 5) is 11.2. The zero-order chi connectivity index (χ0) is 14.5. The molecule has 0 unspecified atom stereocenters. The number of nitrogens with one attached hydrogen (secondary N) is 1. The van der Waals surface area contributed by atoms with Crippen LogP contribution in [0.3, 0.4) is 0 Å². The standard InChI is InChI=1S/C18H15NOS/c20-17-13-21-18(19-17)12-16-8-4-7-15(11-16)10-9-14-5-2-1-3-6-14/h1-12H,13H2,(H,19,20)/b10-9?,18-12+. The van der Waals surface area contributed by atoms with Crippen LogP contribution < -0.4 is 5.32 Å². The van der Waals surface area contributed by atoms with Gasteiger partial charge >= 0.3 is 0 Å². The topological polar surface area (TPSA) is 29.1 Å². The van der Waals surface area contributed by atoms with Gasteiger partial charge in [-0.15, -0.1) is 0 Å². The van der Waals surface area contributed by atoms with Gasteiger partial charge in [0.05, 0.1) is 10.8 Å². The molecule has 2 aromatic carbocycles. The SMILES string of the molecule is O=C1CS/C(=C/c2cccc(C=Cc3ccccc3)c2)N1. The first-order valence-electron chi connectivity index (χ1n) is 6.77. The average molecular weight is 293 g/mol. The number of amides is 1. The summed E-state index contributed by atoms with van der Waals surface area (Å²) in [6.07, 6.45) is 6.20. The third-order valence-corrected chi connectivity index (χ3v) is 4.04. The van der Waals surface area contributed by atoms with Gasteiger partial charge in [0.25, 0.3) is 0 Å². The van der Waals surface area contributed by atoms with Crippen LogP contribution in [0, 0.1) is 0 Å². The molecular weight excluding hydrogens is 278 g/mol. The zero-order valence-corrected chi connectivity index (χ0v) is 12.3. The molecule has 0 radical (unpaired) electrons. The van der Waals surface area contributed by atoms with Gasteiger partial charge in [-0.2, -0.15) is 0 Å². The molecular formula is C18H15NOS. The zero-order valence-electron chi connectivity index (χ0n) is 11.5. The summed E-state index contributed by atoms with van der Waals surface area (Å²) >= 11 is 1.54. The summed E-state index contributed by atoms with van der Waals surface area (Å²) in [6, 6.07) is 18.5. The van der Waals surface area contributed by atoms with E-state index >= 15 is 0 Å². The van der Waals surface area contributed by atoms with E-state index in [1.807, 2.05) is 36.4 Å². The maximum Gasteiger partial charge on any atom is 0.235 e. The Balaban J connectivity index is 1.77. The second-order valence-electron chi connectivity index (χ2n) is 4.76.